The van der Waals surface area contributed by atoms with Crippen molar-refractivity contribution in [3.05, 3.63) is 27.8 Å². The second-order valence-corrected chi connectivity index (χ2v) is 3.45. The van der Waals surface area contributed by atoms with E-state index in [1.54, 1.807) is 0 Å². The van der Waals surface area contributed by atoms with Crippen molar-refractivity contribution in [3.8, 4) is 5.75 Å². The molecule has 0 fully saturated rings. The zero-order valence-corrected chi connectivity index (χ0v) is 7.97. The summed E-state index contributed by atoms with van der Waals surface area (Å²) in [5, 5.41) is 10.6. The molecule has 15 heavy (non-hydrogen) atoms. The molecule has 0 saturated heterocycles. The van der Waals surface area contributed by atoms with Gasteiger partial charge in [0.25, 0.3) is 5.69 Å². The van der Waals surface area contributed by atoms with Crippen molar-refractivity contribution < 1.29 is 9.66 Å². The fourth-order valence-electron chi connectivity index (χ4n) is 1.65. The van der Waals surface area contributed by atoms with Gasteiger partial charge in [-0.25, -0.2) is 0 Å². The van der Waals surface area contributed by atoms with Gasteiger partial charge < -0.3 is 16.2 Å². The van der Waals surface area contributed by atoms with Crippen molar-refractivity contribution in [1.82, 2.24) is 0 Å². The molecule has 1 aromatic carbocycles. The lowest BCUT2D eigenvalue weighted by Gasteiger charge is -2.23. The molecular weight excluding hydrogens is 198 g/mol. The number of benzene rings is 1. The van der Waals surface area contributed by atoms with Gasteiger partial charge in [0, 0.05) is 30.2 Å². The van der Waals surface area contributed by atoms with Gasteiger partial charge in [0.2, 0.25) is 0 Å². The Balaban J connectivity index is 2.56. The van der Waals surface area contributed by atoms with E-state index in [1.165, 1.54) is 12.1 Å². The van der Waals surface area contributed by atoms with Crippen LogP contribution in [-0.2, 0) is 0 Å². The van der Waals surface area contributed by atoms with E-state index in [0.717, 1.165) is 0 Å². The Kier molecular flexibility index (Phi) is 2.20. The van der Waals surface area contributed by atoms with Gasteiger partial charge in [0.15, 0.2) is 0 Å². The number of fused-ring (bicyclic) bond motifs is 1. The summed E-state index contributed by atoms with van der Waals surface area (Å²) >= 11 is 0. The summed E-state index contributed by atoms with van der Waals surface area (Å²) in [6.45, 7) is 0.496. The summed E-state index contributed by atoms with van der Waals surface area (Å²) in [6.07, 6.45) is 0.646. The fraction of sp³-hybridized carbons (Fsp3) is 0.333. The zero-order valence-electron chi connectivity index (χ0n) is 7.97. The Morgan fingerprint density at radius 1 is 1.53 bits per heavy atom. The van der Waals surface area contributed by atoms with E-state index in [2.05, 4.69) is 0 Å². The van der Waals surface area contributed by atoms with Crippen LogP contribution in [0.25, 0.3) is 0 Å². The number of rotatable bonds is 1. The van der Waals surface area contributed by atoms with Gasteiger partial charge in [0.1, 0.15) is 5.75 Å². The molecule has 1 atom stereocenters. The SMILES string of the molecule is Nc1cc([N+](=O)[O-])cc2c1OCC[C@H]2N. The summed E-state index contributed by atoms with van der Waals surface area (Å²) in [7, 11) is 0. The van der Waals surface area contributed by atoms with E-state index >= 15 is 0 Å². The first-order valence-electron chi connectivity index (χ1n) is 4.56. The number of hydrogen-bond acceptors (Lipinski definition) is 5. The molecular formula is C9H11N3O3. The topological polar surface area (TPSA) is 104 Å². The molecule has 0 spiro atoms. The number of hydrogen-bond donors (Lipinski definition) is 2. The van der Waals surface area contributed by atoms with E-state index in [-0.39, 0.29) is 17.4 Å². The van der Waals surface area contributed by atoms with Crippen molar-refractivity contribution in [3.63, 3.8) is 0 Å². The Hall–Kier alpha value is -1.82. The summed E-state index contributed by atoms with van der Waals surface area (Å²) in [5.74, 6) is 0.486. The molecule has 1 aromatic rings. The average molecular weight is 209 g/mol. The van der Waals surface area contributed by atoms with Crippen LogP contribution in [-0.4, -0.2) is 11.5 Å². The molecule has 1 aliphatic heterocycles. The van der Waals surface area contributed by atoms with Crippen molar-refractivity contribution in [2.45, 2.75) is 12.5 Å². The minimum absolute atomic E-state index is 0.0489. The number of nitrogens with zero attached hydrogens (tertiary/aromatic N) is 1. The second-order valence-electron chi connectivity index (χ2n) is 3.45. The Labute approximate surface area is 86.0 Å². The van der Waals surface area contributed by atoms with Gasteiger partial charge in [-0.1, -0.05) is 0 Å². The standard InChI is InChI=1S/C9H11N3O3/c10-7-1-2-15-9-6(7)3-5(12(13)14)4-8(9)11/h3-4,7H,1-2,10-11H2/t7-/m1/s1. The van der Waals surface area contributed by atoms with E-state index in [1.807, 2.05) is 0 Å². The third kappa shape index (κ3) is 1.59. The molecule has 0 unspecified atom stereocenters. The first kappa shape index (κ1) is 9.72. The molecule has 80 valence electrons. The van der Waals surface area contributed by atoms with Gasteiger partial charge in [0.05, 0.1) is 17.2 Å². The molecule has 0 radical (unpaired) electrons. The summed E-state index contributed by atoms with van der Waals surface area (Å²) < 4.78 is 5.33. The van der Waals surface area contributed by atoms with Gasteiger partial charge in [-0.15, -0.1) is 0 Å². The van der Waals surface area contributed by atoms with Gasteiger partial charge >= 0.3 is 0 Å². The summed E-state index contributed by atoms with van der Waals surface area (Å²) in [5.41, 5.74) is 12.3. The minimum atomic E-state index is -0.488. The third-order valence-electron chi connectivity index (χ3n) is 2.42. The van der Waals surface area contributed by atoms with Gasteiger partial charge in [-0.05, 0) is 0 Å². The molecule has 0 aliphatic carbocycles. The summed E-state index contributed by atoms with van der Waals surface area (Å²) in [6, 6.07) is 2.47. The van der Waals surface area contributed by atoms with E-state index < -0.39 is 4.92 Å². The Morgan fingerprint density at radius 2 is 2.27 bits per heavy atom. The van der Waals surface area contributed by atoms with Crippen LogP contribution >= 0.6 is 0 Å². The van der Waals surface area contributed by atoms with Crippen LogP contribution in [0.2, 0.25) is 0 Å². The monoisotopic (exact) mass is 209 g/mol. The predicted molar refractivity (Wildman–Crippen MR) is 54.5 cm³/mol. The van der Waals surface area contributed by atoms with Crippen molar-refractivity contribution >= 4 is 11.4 Å². The highest BCUT2D eigenvalue weighted by Gasteiger charge is 2.23. The number of nitro groups is 1. The van der Waals surface area contributed by atoms with Crippen LogP contribution in [0.3, 0.4) is 0 Å². The maximum absolute atomic E-state index is 10.6. The summed E-state index contributed by atoms with van der Waals surface area (Å²) in [4.78, 5) is 10.1. The van der Waals surface area contributed by atoms with Crippen molar-refractivity contribution in [2.75, 3.05) is 12.3 Å². The lowest BCUT2D eigenvalue weighted by atomic mass is 10.00. The molecule has 1 aliphatic rings. The van der Waals surface area contributed by atoms with Crippen LogP contribution in [0.5, 0.6) is 5.75 Å². The Morgan fingerprint density at radius 3 is 2.93 bits per heavy atom. The first-order valence-corrected chi connectivity index (χ1v) is 4.56. The molecule has 0 bridgehead atoms. The maximum Gasteiger partial charge on any atom is 0.272 e. The van der Waals surface area contributed by atoms with Gasteiger partial charge in [-0.2, -0.15) is 0 Å². The molecule has 1 heterocycles. The predicted octanol–water partition coefficient (Wildman–Crippen LogP) is 0.959. The van der Waals surface area contributed by atoms with Crippen LogP contribution < -0.4 is 16.2 Å². The van der Waals surface area contributed by atoms with Crippen molar-refractivity contribution in [2.24, 2.45) is 5.73 Å². The highest BCUT2D eigenvalue weighted by Crippen LogP contribution is 2.38. The van der Waals surface area contributed by atoms with Crippen LogP contribution in [0.15, 0.2) is 12.1 Å². The van der Waals surface area contributed by atoms with Crippen LogP contribution in [0.1, 0.15) is 18.0 Å². The average Bonchev–Trinajstić information content (AvgIpc) is 2.19. The number of nitro benzene ring substituents is 1. The third-order valence-corrected chi connectivity index (χ3v) is 2.42. The highest BCUT2D eigenvalue weighted by molar-refractivity contribution is 5.63. The number of anilines is 1. The van der Waals surface area contributed by atoms with E-state index in [4.69, 9.17) is 16.2 Å². The molecule has 6 nitrogen and oxygen atoms in total. The first-order chi connectivity index (χ1) is 7.09. The second kappa shape index (κ2) is 3.39. The number of nitrogens with two attached hydrogens (primary N) is 2. The van der Waals surface area contributed by atoms with E-state index in [9.17, 15) is 10.1 Å². The lowest BCUT2D eigenvalue weighted by Crippen LogP contribution is -2.21. The molecule has 0 saturated carbocycles. The molecule has 0 amide bonds. The molecule has 0 aromatic heterocycles. The fourth-order valence-corrected chi connectivity index (χ4v) is 1.65. The highest BCUT2D eigenvalue weighted by atomic mass is 16.6. The maximum atomic E-state index is 10.6. The minimum Gasteiger partial charge on any atom is -0.491 e. The molecule has 4 N–H and O–H groups in total. The van der Waals surface area contributed by atoms with E-state index in [0.29, 0.717) is 24.3 Å². The van der Waals surface area contributed by atoms with Crippen LogP contribution in [0, 0.1) is 10.1 Å². The largest absolute Gasteiger partial charge is 0.491 e. The number of non-ortho nitro benzene ring substituents is 1. The number of ether oxygens (including phenoxy) is 1. The van der Waals surface area contributed by atoms with Crippen LogP contribution in [0.4, 0.5) is 11.4 Å². The quantitative estimate of drug-likeness (QED) is 0.407. The zero-order chi connectivity index (χ0) is 11.0. The van der Waals surface area contributed by atoms with Crippen molar-refractivity contribution in [1.29, 1.82) is 0 Å². The number of nitrogen functional groups attached to an aromatic ring is 1. The molecule has 2 rings (SSSR count). The van der Waals surface area contributed by atoms with Gasteiger partial charge in [-0.3, -0.25) is 10.1 Å². The Bertz CT molecular complexity index is 419. The smallest absolute Gasteiger partial charge is 0.272 e. The normalized spacial score (nSPS) is 19.1. The molecule has 6 heteroatoms. The lowest BCUT2D eigenvalue weighted by molar-refractivity contribution is -0.384.